The largest absolute Gasteiger partial charge is 0.417 e. The molecule has 2 amide bonds. The highest BCUT2D eigenvalue weighted by Crippen LogP contribution is 2.40. The Morgan fingerprint density at radius 3 is 2.08 bits per heavy atom. The second-order valence-corrected chi connectivity index (χ2v) is 7.95. The van der Waals surface area contributed by atoms with Gasteiger partial charge in [0.05, 0.1) is 22.7 Å². The first-order valence-electron chi connectivity index (χ1n) is 10.0. The summed E-state index contributed by atoms with van der Waals surface area (Å²) in [5, 5.41) is 2.32. The smallest absolute Gasteiger partial charge is 0.345 e. The Morgan fingerprint density at radius 1 is 0.921 bits per heavy atom. The molecule has 0 saturated heterocycles. The van der Waals surface area contributed by atoms with Crippen LogP contribution in [0.5, 0.6) is 0 Å². The molecular formula is C22H14ClF11N2O2. The van der Waals surface area contributed by atoms with E-state index in [4.69, 9.17) is 11.6 Å². The van der Waals surface area contributed by atoms with E-state index >= 15 is 0 Å². The molecule has 2 aromatic rings. The zero-order chi connectivity index (χ0) is 29.1. The van der Waals surface area contributed by atoms with Crippen molar-refractivity contribution in [3.05, 3.63) is 75.6 Å². The van der Waals surface area contributed by atoms with Crippen LogP contribution in [0.15, 0.2) is 42.5 Å². The number of nitrogens with one attached hydrogen (secondary N) is 2. The number of hydrogen-bond acceptors (Lipinski definition) is 2. The van der Waals surface area contributed by atoms with E-state index in [1.807, 2.05) is 0 Å². The van der Waals surface area contributed by atoms with Crippen molar-refractivity contribution in [3.63, 3.8) is 0 Å². The lowest BCUT2D eigenvalue weighted by Gasteiger charge is -2.19. The zero-order valence-corrected chi connectivity index (χ0v) is 19.1. The Bertz CT molecular complexity index is 1220. The van der Waals surface area contributed by atoms with Gasteiger partial charge in [0.1, 0.15) is 24.1 Å². The second-order valence-electron chi connectivity index (χ2n) is 7.54. The molecule has 0 aliphatic carbocycles. The number of alkyl halides is 9. The van der Waals surface area contributed by atoms with Crippen LogP contribution in [0.3, 0.4) is 0 Å². The van der Waals surface area contributed by atoms with Crippen LogP contribution in [0.2, 0.25) is 5.02 Å². The van der Waals surface area contributed by atoms with Crippen LogP contribution in [0.1, 0.15) is 33.0 Å². The van der Waals surface area contributed by atoms with Gasteiger partial charge >= 0.3 is 18.5 Å². The van der Waals surface area contributed by atoms with Crippen molar-refractivity contribution in [2.75, 3.05) is 13.1 Å². The first-order valence-corrected chi connectivity index (χ1v) is 10.4. The molecule has 1 unspecified atom stereocenters. The lowest BCUT2D eigenvalue weighted by molar-refractivity contribution is -0.140. The molecule has 0 aromatic heterocycles. The molecule has 0 bridgehead atoms. The van der Waals surface area contributed by atoms with Gasteiger partial charge in [-0.25, -0.2) is 8.78 Å². The molecule has 208 valence electrons. The molecule has 0 saturated carbocycles. The summed E-state index contributed by atoms with van der Waals surface area (Å²) in [6.07, 6.45) is -15.4. The number of allylic oxidation sites excluding steroid dienone is 1. The van der Waals surface area contributed by atoms with Crippen molar-refractivity contribution in [1.82, 2.24) is 10.6 Å². The Kier molecular flexibility index (Phi) is 9.40. The maximum absolute atomic E-state index is 14.8. The average Bonchev–Trinajstić information content (AvgIpc) is 2.79. The van der Waals surface area contributed by atoms with Crippen molar-refractivity contribution < 1.29 is 57.9 Å². The van der Waals surface area contributed by atoms with Gasteiger partial charge in [0.25, 0.3) is 5.91 Å². The molecule has 38 heavy (non-hydrogen) atoms. The first kappa shape index (κ1) is 30.9. The molecule has 2 aromatic carbocycles. The normalized spacial score (nSPS) is 13.7. The second kappa shape index (κ2) is 11.6. The number of benzene rings is 2. The predicted octanol–water partition coefficient (Wildman–Crippen LogP) is 6.56. The molecule has 2 N–H and O–H groups in total. The summed E-state index contributed by atoms with van der Waals surface area (Å²) in [5.74, 6) is -8.55. The Morgan fingerprint density at radius 2 is 1.55 bits per heavy atom. The summed E-state index contributed by atoms with van der Waals surface area (Å²) >= 11 is 5.47. The molecule has 0 spiro atoms. The van der Waals surface area contributed by atoms with E-state index in [0.717, 1.165) is 0 Å². The van der Waals surface area contributed by atoms with Crippen molar-refractivity contribution in [3.8, 4) is 0 Å². The predicted molar refractivity (Wildman–Crippen MR) is 112 cm³/mol. The number of hydrogen-bond donors (Lipinski definition) is 2. The highest BCUT2D eigenvalue weighted by atomic mass is 35.5. The van der Waals surface area contributed by atoms with Crippen LogP contribution < -0.4 is 10.6 Å². The summed E-state index contributed by atoms with van der Waals surface area (Å²) in [4.78, 5) is 23.5. The third-order valence-corrected chi connectivity index (χ3v) is 5.00. The number of amides is 2. The van der Waals surface area contributed by atoms with E-state index in [2.05, 4.69) is 0 Å². The number of carbonyl (C=O) groups is 2. The standard InChI is InChI=1S/C22H14ClF11N2O2/c23-15-6-10(2-4-16(15)24)13(21(29,30)31)7-17(25)11-1-3-12(14(5-11)22(32,33)34)19(38)35-8-18(37)36-9-20(26,27)28/h1-7,13H,8-9H2,(H,35,38)(H,36,37)/b17-7-. The van der Waals surface area contributed by atoms with Gasteiger partial charge in [0.15, 0.2) is 0 Å². The summed E-state index contributed by atoms with van der Waals surface area (Å²) < 4.78 is 146. The average molecular weight is 583 g/mol. The van der Waals surface area contributed by atoms with Gasteiger partial charge in [0.2, 0.25) is 5.91 Å². The van der Waals surface area contributed by atoms with Crippen LogP contribution in [-0.2, 0) is 11.0 Å². The molecule has 16 heteroatoms. The molecule has 4 nitrogen and oxygen atoms in total. The van der Waals surface area contributed by atoms with Gasteiger partial charge < -0.3 is 10.6 Å². The third kappa shape index (κ3) is 8.60. The number of rotatable bonds is 7. The number of halogens is 12. The molecule has 0 heterocycles. The van der Waals surface area contributed by atoms with Crippen LogP contribution in [0, 0.1) is 5.82 Å². The molecule has 2 rings (SSSR count). The molecule has 0 fully saturated rings. The van der Waals surface area contributed by atoms with E-state index in [9.17, 15) is 57.9 Å². The van der Waals surface area contributed by atoms with Crippen molar-refractivity contribution in [2.45, 2.75) is 24.4 Å². The van der Waals surface area contributed by atoms with Crippen molar-refractivity contribution in [1.29, 1.82) is 0 Å². The lowest BCUT2D eigenvalue weighted by Crippen LogP contribution is -2.41. The molecule has 0 aliphatic rings. The minimum atomic E-state index is -5.34. The lowest BCUT2D eigenvalue weighted by atomic mass is 9.95. The quantitative estimate of drug-likeness (QED) is 0.363. The Hall–Kier alpha value is -3.36. The fourth-order valence-electron chi connectivity index (χ4n) is 2.97. The minimum Gasteiger partial charge on any atom is -0.345 e. The van der Waals surface area contributed by atoms with E-state index < -0.39 is 88.3 Å². The van der Waals surface area contributed by atoms with Crippen LogP contribution in [-0.4, -0.2) is 37.3 Å². The molecular weight excluding hydrogens is 569 g/mol. The van der Waals surface area contributed by atoms with Crippen LogP contribution >= 0.6 is 11.6 Å². The maximum atomic E-state index is 14.8. The number of carbonyl (C=O) groups excluding carboxylic acids is 2. The van der Waals surface area contributed by atoms with E-state index in [-0.39, 0.29) is 12.1 Å². The van der Waals surface area contributed by atoms with Gasteiger partial charge in [0, 0.05) is 5.56 Å². The fourth-order valence-corrected chi connectivity index (χ4v) is 3.16. The fraction of sp³-hybridized carbons (Fsp3) is 0.273. The summed E-state index contributed by atoms with van der Waals surface area (Å²) in [6, 6.07) is 2.80. The van der Waals surface area contributed by atoms with Crippen molar-refractivity contribution >= 4 is 29.2 Å². The molecule has 1 atom stereocenters. The zero-order valence-electron chi connectivity index (χ0n) is 18.4. The maximum Gasteiger partial charge on any atom is 0.417 e. The Balaban J connectivity index is 2.38. The van der Waals surface area contributed by atoms with Gasteiger partial charge in [-0.05, 0) is 35.9 Å². The third-order valence-electron chi connectivity index (χ3n) is 4.71. The van der Waals surface area contributed by atoms with E-state index in [1.54, 1.807) is 5.32 Å². The van der Waals surface area contributed by atoms with Crippen LogP contribution in [0.25, 0.3) is 5.83 Å². The summed E-state index contributed by atoms with van der Waals surface area (Å²) in [7, 11) is 0. The van der Waals surface area contributed by atoms with Gasteiger partial charge in [-0.1, -0.05) is 23.7 Å². The summed E-state index contributed by atoms with van der Waals surface area (Å²) in [5.41, 5.74) is -4.72. The van der Waals surface area contributed by atoms with Crippen LogP contribution in [0.4, 0.5) is 48.3 Å². The minimum absolute atomic E-state index is 0.0372. The highest BCUT2D eigenvalue weighted by molar-refractivity contribution is 6.30. The highest BCUT2D eigenvalue weighted by Gasteiger charge is 2.41. The van der Waals surface area contributed by atoms with Crippen molar-refractivity contribution in [2.24, 2.45) is 0 Å². The first-order chi connectivity index (χ1) is 17.3. The monoisotopic (exact) mass is 582 g/mol. The Labute approximate surface area is 211 Å². The molecule has 0 radical (unpaired) electrons. The molecule has 0 aliphatic heterocycles. The topological polar surface area (TPSA) is 58.2 Å². The van der Waals surface area contributed by atoms with Gasteiger partial charge in [-0.2, -0.15) is 39.5 Å². The summed E-state index contributed by atoms with van der Waals surface area (Å²) in [6.45, 7) is -2.91. The van der Waals surface area contributed by atoms with Gasteiger partial charge in [-0.3, -0.25) is 9.59 Å². The SMILES string of the molecule is O=C(CNC(=O)c1ccc(/C(F)=C/C(c2ccc(F)c(Cl)c2)C(F)(F)F)cc1C(F)(F)F)NCC(F)(F)F. The van der Waals surface area contributed by atoms with E-state index in [0.29, 0.717) is 30.3 Å². The van der Waals surface area contributed by atoms with Gasteiger partial charge in [-0.15, -0.1) is 0 Å². The van der Waals surface area contributed by atoms with E-state index in [1.165, 1.54) is 5.32 Å².